The number of aromatic nitrogens is 2. The van der Waals surface area contributed by atoms with Gasteiger partial charge in [-0.3, -0.25) is 14.9 Å². The Hall–Kier alpha value is -3.20. The van der Waals surface area contributed by atoms with E-state index in [1.54, 1.807) is 0 Å². The van der Waals surface area contributed by atoms with Gasteiger partial charge in [0, 0.05) is 104 Å². The summed E-state index contributed by atoms with van der Waals surface area (Å²) < 4.78 is 0. The highest BCUT2D eigenvalue weighted by Crippen LogP contribution is 2.30. The van der Waals surface area contributed by atoms with Gasteiger partial charge in [0.05, 0.1) is 6.20 Å². The van der Waals surface area contributed by atoms with Crippen molar-refractivity contribution in [1.82, 2.24) is 30.6 Å². The van der Waals surface area contributed by atoms with Gasteiger partial charge in [-0.1, -0.05) is 95.5 Å². The topological polar surface area (TPSA) is 59.2 Å². The van der Waals surface area contributed by atoms with Crippen molar-refractivity contribution in [1.29, 1.82) is 0 Å². The van der Waals surface area contributed by atoms with E-state index in [9.17, 15) is 0 Å². The van der Waals surface area contributed by atoms with Crippen LogP contribution in [0, 0.1) is 0 Å². The first-order valence-electron chi connectivity index (χ1n) is 16.7. The number of benzene rings is 4. The SMILES string of the molecule is Clc1ccc(C(CN2CCNCC2)c2ccc(-c3cn[nH]c3)cc2)cc1.Clc1ccc(C(CN2CCNCC2)c2ccc(Cl)cc2)cc1. The molecule has 6 nitrogen and oxygen atoms in total. The fourth-order valence-corrected chi connectivity index (χ4v) is 6.89. The number of hydrogen-bond acceptors (Lipinski definition) is 5. The number of rotatable bonds is 9. The van der Waals surface area contributed by atoms with Gasteiger partial charge in [0.2, 0.25) is 0 Å². The minimum Gasteiger partial charge on any atom is -0.314 e. The van der Waals surface area contributed by atoms with Crippen molar-refractivity contribution in [2.45, 2.75) is 11.8 Å². The molecule has 3 heterocycles. The third-order valence-corrected chi connectivity index (χ3v) is 10.0. The minimum absolute atomic E-state index is 0.337. The molecule has 48 heavy (non-hydrogen) atoms. The molecule has 0 saturated carbocycles. The van der Waals surface area contributed by atoms with Gasteiger partial charge in [0.25, 0.3) is 0 Å². The van der Waals surface area contributed by atoms with Crippen LogP contribution < -0.4 is 10.6 Å². The van der Waals surface area contributed by atoms with Crippen molar-refractivity contribution in [3.05, 3.63) is 147 Å². The van der Waals surface area contributed by atoms with Crippen LogP contribution in [-0.2, 0) is 0 Å². The number of halogens is 3. The normalized spacial score (nSPS) is 16.3. The van der Waals surface area contributed by atoms with Crippen molar-refractivity contribution < 1.29 is 0 Å². The fraction of sp³-hybridized carbons (Fsp3) is 0.308. The molecule has 250 valence electrons. The number of aromatic amines is 1. The first kappa shape index (κ1) is 34.7. The van der Waals surface area contributed by atoms with E-state index in [1.807, 2.05) is 48.8 Å². The van der Waals surface area contributed by atoms with E-state index in [1.165, 1.54) is 27.8 Å². The van der Waals surface area contributed by atoms with Gasteiger partial charge in [0.15, 0.2) is 0 Å². The van der Waals surface area contributed by atoms with E-state index in [0.717, 1.165) is 86.1 Å². The van der Waals surface area contributed by atoms with Gasteiger partial charge in [0.1, 0.15) is 0 Å². The molecule has 7 rings (SSSR count). The molecule has 9 heteroatoms. The number of hydrogen-bond donors (Lipinski definition) is 3. The number of nitrogens with zero attached hydrogens (tertiary/aromatic N) is 3. The summed E-state index contributed by atoms with van der Waals surface area (Å²) in [6.07, 6.45) is 3.78. The average molecular weight is 702 g/mol. The van der Waals surface area contributed by atoms with Crippen LogP contribution in [0.1, 0.15) is 34.1 Å². The molecule has 0 aliphatic carbocycles. The second kappa shape index (κ2) is 17.5. The molecule has 2 aliphatic heterocycles. The predicted octanol–water partition coefficient (Wildman–Crippen LogP) is 7.80. The summed E-state index contributed by atoms with van der Waals surface area (Å²) in [6, 6.07) is 33.5. The van der Waals surface area contributed by atoms with Crippen LogP contribution in [0.4, 0.5) is 0 Å². The summed E-state index contributed by atoms with van der Waals surface area (Å²) in [5.74, 6) is 0.677. The highest BCUT2D eigenvalue weighted by molar-refractivity contribution is 6.31. The molecule has 1 aromatic heterocycles. The Kier molecular flexibility index (Phi) is 12.6. The molecular formula is C39H43Cl3N6. The van der Waals surface area contributed by atoms with E-state index in [4.69, 9.17) is 34.8 Å². The lowest BCUT2D eigenvalue weighted by Gasteiger charge is -2.31. The smallest absolute Gasteiger partial charge is 0.0565 e. The molecule has 4 aromatic carbocycles. The summed E-state index contributed by atoms with van der Waals surface area (Å²) in [7, 11) is 0. The molecule has 0 bridgehead atoms. The molecule has 5 aromatic rings. The molecule has 3 N–H and O–H groups in total. The third kappa shape index (κ3) is 9.70. The average Bonchev–Trinajstić information content (AvgIpc) is 3.68. The Balaban J connectivity index is 0.000000170. The first-order chi connectivity index (χ1) is 23.5. The second-order valence-corrected chi connectivity index (χ2v) is 13.8. The predicted molar refractivity (Wildman–Crippen MR) is 201 cm³/mol. The van der Waals surface area contributed by atoms with Crippen molar-refractivity contribution >= 4 is 34.8 Å². The van der Waals surface area contributed by atoms with Gasteiger partial charge in [-0.15, -0.1) is 0 Å². The quantitative estimate of drug-likeness (QED) is 0.147. The summed E-state index contributed by atoms with van der Waals surface area (Å²) in [5, 5.41) is 16.1. The second-order valence-electron chi connectivity index (χ2n) is 12.5. The Morgan fingerprint density at radius 2 is 0.854 bits per heavy atom. The van der Waals surface area contributed by atoms with Gasteiger partial charge >= 0.3 is 0 Å². The van der Waals surface area contributed by atoms with Crippen LogP contribution in [0.5, 0.6) is 0 Å². The van der Waals surface area contributed by atoms with E-state index in [-0.39, 0.29) is 0 Å². The van der Waals surface area contributed by atoms with Gasteiger partial charge in [-0.2, -0.15) is 5.10 Å². The maximum atomic E-state index is 6.10. The van der Waals surface area contributed by atoms with Crippen molar-refractivity contribution in [3.8, 4) is 11.1 Å². The Morgan fingerprint density at radius 1 is 0.500 bits per heavy atom. The standard InChI is InChI=1S/C21H23ClN4.C18H20Cl2N2/c22-20-7-5-18(6-8-20)21(15-26-11-9-23-10-12-26)17-3-1-16(2-4-17)19-13-24-25-14-19;19-16-5-1-14(2-6-16)18(13-22-11-9-21-10-12-22)15-3-7-17(20)8-4-15/h1-8,13-14,21,23H,9-12,15H2,(H,24,25);1-8,18,21H,9-13H2. The number of piperazine rings is 2. The van der Waals surface area contributed by atoms with Gasteiger partial charge in [-0.25, -0.2) is 0 Å². The molecule has 1 unspecified atom stereocenters. The van der Waals surface area contributed by atoms with Gasteiger partial charge < -0.3 is 10.6 Å². The molecule has 2 saturated heterocycles. The van der Waals surface area contributed by atoms with Crippen LogP contribution in [-0.4, -0.2) is 85.4 Å². The summed E-state index contributed by atoms with van der Waals surface area (Å²) in [6.45, 7) is 10.7. The molecule has 0 radical (unpaired) electrons. The van der Waals surface area contributed by atoms with Crippen LogP contribution in [0.3, 0.4) is 0 Å². The van der Waals surface area contributed by atoms with Crippen LogP contribution >= 0.6 is 34.8 Å². The lowest BCUT2D eigenvalue weighted by Crippen LogP contribution is -2.45. The molecule has 0 spiro atoms. The summed E-state index contributed by atoms with van der Waals surface area (Å²) in [5.41, 5.74) is 7.53. The van der Waals surface area contributed by atoms with Crippen molar-refractivity contribution in [2.24, 2.45) is 0 Å². The molecule has 1 atom stereocenters. The zero-order valence-electron chi connectivity index (χ0n) is 27.1. The molecule has 0 amide bonds. The number of H-pyrrole nitrogens is 1. The third-order valence-electron chi connectivity index (χ3n) is 9.26. The van der Waals surface area contributed by atoms with Gasteiger partial charge in [-0.05, 0) is 64.2 Å². The zero-order chi connectivity index (χ0) is 33.1. The maximum Gasteiger partial charge on any atom is 0.0565 e. The Labute approximate surface area is 299 Å². The van der Waals surface area contributed by atoms with Crippen LogP contribution in [0.2, 0.25) is 15.1 Å². The van der Waals surface area contributed by atoms with E-state index in [2.05, 4.69) is 91.3 Å². The lowest BCUT2D eigenvalue weighted by atomic mass is 9.89. The molecule has 2 fully saturated rings. The van der Waals surface area contributed by atoms with Crippen molar-refractivity contribution in [2.75, 3.05) is 65.4 Å². The van der Waals surface area contributed by atoms with E-state index < -0.39 is 0 Å². The Bertz CT molecular complexity index is 1600. The highest BCUT2D eigenvalue weighted by atomic mass is 35.5. The van der Waals surface area contributed by atoms with Crippen LogP contribution in [0.15, 0.2) is 109 Å². The monoisotopic (exact) mass is 700 g/mol. The summed E-state index contributed by atoms with van der Waals surface area (Å²) in [4.78, 5) is 5.06. The minimum atomic E-state index is 0.337. The van der Waals surface area contributed by atoms with Crippen molar-refractivity contribution in [3.63, 3.8) is 0 Å². The Morgan fingerprint density at radius 3 is 1.19 bits per heavy atom. The highest BCUT2D eigenvalue weighted by Gasteiger charge is 2.21. The largest absolute Gasteiger partial charge is 0.314 e. The summed E-state index contributed by atoms with van der Waals surface area (Å²) >= 11 is 18.2. The van der Waals surface area contributed by atoms with E-state index >= 15 is 0 Å². The molecule has 2 aliphatic rings. The van der Waals surface area contributed by atoms with Crippen LogP contribution in [0.25, 0.3) is 11.1 Å². The zero-order valence-corrected chi connectivity index (χ0v) is 29.4. The fourth-order valence-electron chi connectivity index (χ4n) is 6.51. The number of nitrogens with one attached hydrogen (secondary N) is 3. The van der Waals surface area contributed by atoms with E-state index in [0.29, 0.717) is 11.8 Å². The molecular weight excluding hydrogens is 659 g/mol. The lowest BCUT2D eigenvalue weighted by molar-refractivity contribution is 0.234. The first-order valence-corrected chi connectivity index (χ1v) is 17.9. The maximum absolute atomic E-state index is 6.10.